The summed E-state index contributed by atoms with van der Waals surface area (Å²) in [5, 5.41) is 13.6. The molecule has 1 N–H and O–H groups in total. The summed E-state index contributed by atoms with van der Waals surface area (Å²) in [5.41, 5.74) is 0.638. The van der Waals surface area contributed by atoms with E-state index in [9.17, 15) is 14.9 Å². The molecular formula is C11H9N3O3S. The molecule has 1 aromatic carbocycles. The van der Waals surface area contributed by atoms with E-state index in [1.54, 1.807) is 19.1 Å². The summed E-state index contributed by atoms with van der Waals surface area (Å²) < 4.78 is 0.667. The third kappa shape index (κ3) is 2.51. The minimum Gasteiger partial charge on any atom is -0.298 e. The molecule has 0 aliphatic rings. The van der Waals surface area contributed by atoms with Gasteiger partial charge in [0.15, 0.2) is 5.13 Å². The number of nitro groups is 1. The van der Waals surface area contributed by atoms with E-state index >= 15 is 0 Å². The number of hydrogen-bond donors (Lipinski definition) is 1. The van der Waals surface area contributed by atoms with E-state index in [1.165, 1.54) is 29.5 Å². The summed E-state index contributed by atoms with van der Waals surface area (Å²) >= 11 is 1.20. The second kappa shape index (κ2) is 4.92. The number of hydrogen-bond acceptors (Lipinski definition) is 5. The van der Waals surface area contributed by atoms with Crippen molar-refractivity contribution < 1.29 is 9.72 Å². The van der Waals surface area contributed by atoms with Gasteiger partial charge in [-0.25, -0.2) is 4.98 Å². The van der Waals surface area contributed by atoms with Crippen molar-refractivity contribution in [3.05, 3.63) is 40.5 Å². The summed E-state index contributed by atoms with van der Waals surface area (Å²) in [6.07, 6.45) is 3.00. The van der Waals surface area contributed by atoms with Crippen molar-refractivity contribution in [3.8, 4) is 0 Å². The van der Waals surface area contributed by atoms with Gasteiger partial charge in [0.25, 0.3) is 5.69 Å². The molecule has 1 amide bonds. The first-order chi connectivity index (χ1) is 8.60. The summed E-state index contributed by atoms with van der Waals surface area (Å²) in [5.74, 6) is -0.272. The zero-order chi connectivity index (χ0) is 13.1. The standard InChI is InChI=1S/C11H9N3O3S/c1-2-3-10(15)13-11-12-8-5-4-7(14(16)17)6-9(8)18-11/h2-6H,1H3,(H,12,13,15). The molecule has 0 atom stereocenters. The monoisotopic (exact) mass is 263 g/mol. The maximum absolute atomic E-state index is 11.3. The lowest BCUT2D eigenvalue weighted by Crippen LogP contribution is -2.06. The summed E-state index contributed by atoms with van der Waals surface area (Å²) in [6, 6.07) is 4.40. The number of nitrogens with one attached hydrogen (secondary N) is 1. The summed E-state index contributed by atoms with van der Waals surface area (Å²) in [7, 11) is 0. The summed E-state index contributed by atoms with van der Waals surface area (Å²) in [4.78, 5) is 25.7. The van der Waals surface area contributed by atoms with E-state index in [-0.39, 0.29) is 11.6 Å². The molecule has 1 aromatic heterocycles. The van der Waals surface area contributed by atoms with Crippen LogP contribution in [0.15, 0.2) is 30.4 Å². The third-order valence-corrected chi connectivity index (χ3v) is 3.06. The number of non-ortho nitro benzene ring substituents is 1. The average molecular weight is 263 g/mol. The van der Waals surface area contributed by atoms with Crippen LogP contribution in [0.5, 0.6) is 0 Å². The highest BCUT2D eigenvalue weighted by Gasteiger charge is 2.10. The number of fused-ring (bicyclic) bond motifs is 1. The Morgan fingerprint density at radius 1 is 1.56 bits per heavy atom. The van der Waals surface area contributed by atoms with Crippen LogP contribution in [0.2, 0.25) is 0 Å². The van der Waals surface area contributed by atoms with Crippen LogP contribution in [0, 0.1) is 10.1 Å². The van der Waals surface area contributed by atoms with Gasteiger partial charge in [-0.05, 0) is 19.1 Å². The largest absolute Gasteiger partial charge is 0.298 e. The summed E-state index contributed by atoms with van der Waals surface area (Å²) in [6.45, 7) is 1.74. The lowest BCUT2D eigenvalue weighted by Gasteiger charge is -1.93. The highest BCUT2D eigenvalue weighted by molar-refractivity contribution is 7.22. The molecule has 6 nitrogen and oxygen atoms in total. The van der Waals surface area contributed by atoms with E-state index in [0.29, 0.717) is 15.3 Å². The van der Waals surface area contributed by atoms with Gasteiger partial charge in [0.05, 0.1) is 15.1 Å². The highest BCUT2D eigenvalue weighted by Crippen LogP contribution is 2.28. The fraction of sp³-hybridized carbons (Fsp3) is 0.0909. The molecule has 0 unspecified atom stereocenters. The predicted molar refractivity (Wildman–Crippen MR) is 69.7 cm³/mol. The Bertz CT molecular complexity index is 648. The average Bonchev–Trinajstić information content (AvgIpc) is 2.69. The molecule has 0 aliphatic carbocycles. The molecule has 0 saturated heterocycles. The number of amides is 1. The Labute approximate surface area is 106 Å². The third-order valence-electron chi connectivity index (χ3n) is 2.13. The highest BCUT2D eigenvalue weighted by atomic mass is 32.1. The molecule has 2 aromatic rings. The van der Waals surface area contributed by atoms with Gasteiger partial charge in [0.2, 0.25) is 5.91 Å². The van der Waals surface area contributed by atoms with E-state index in [0.717, 1.165) is 0 Å². The Balaban J connectivity index is 2.32. The van der Waals surface area contributed by atoms with Crippen LogP contribution >= 0.6 is 11.3 Å². The predicted octanol–water partition coefficient (Wildman–Crippen LogP) is 2.72. The molecule has 0 fully saturated rings. The van der Waals surface area contributed by atoms with Crippen molar-refractivity contribution in [2.24, 2.45) is 0 Å². The van der Waals surface area contributed by atoms with Crippen molar-refractivity contribution in [1.29, 1.82) is 0 Å². The number of carbonyl (C=O) groups is 1. The molecule has 1 heterocycles. The first-order valence-corrected chi connectivity index (χ1v) is 5.90. The number of allylic oxidation sites excluding steroid dienone is 1. The van der Waals surface area contributed by atoms with Crippen molar-refractivity contribution in [1.82, 2.24) is 4.98 Å². The second-order valence-corrected chi connectivity index (χ2v) is 4.45. The zero-order valence-electron chi connectivity index (χ0n) is 9.41. The van der Waals surface area contributed by atoms with Gasteiger partial charge in [-0.3, -0.25) is 20.2 Å². The van der Waals surface area contributed by atoms with Gasteiger partial charge in [0, 0.05) is 12.1 Å². The number of benzene rings is 1. The first-order valence-electron chi connectivity index (χ1n) is 5.09. The van der Waals surface area contributed by atoms with Crippen LogP contribution in [-0.2, 0) is 4.79 Å². The molecule has 0 radical (unpaired) electrons. The van der Waals surface area contributed by atoms with Crippen LogP contribution in [-0.4, -0.2) is 15.8 Å². The topological polar surface area (TPSA) is 85.1 Å². The van der Waals surface area contributed by atoms with Gasteiger partial charge in [-0.2, -0.15) is 0 Å². The van der Waals surface area contributed by atoms with Gasteiger partial charge in [-0.15, -0.1) is 0 Å². The van der Waals surface area contributed by atoms with Crippen LogP contribution in [0.1, 0.15) is 6.92 Å². The lowest BCUT2D eigenvalue weighted by molar-refractivity contribution is -0.384. The van der Waals surface area contributed by atoms with Crippen molar-refractivity contribution in [2.75, 3.05) is 5.32 Å². The van der Waals surface area contributed by atoms with Crippen molar-refractivity contribution in [2.45, 2.75) is 6.92 Å². The van der Waals surface area contributed by atoms with Crippen LogP contribution in [0.25, 0.3) is 10.2 Å². The molecule has 7 heteroatoms. The molecule has 0 aliphatic heterocycles. The number of aromatic nitrogens is 1. The van der Waals surface area contributed by atoms with Gasteiger partial charge in [-0.1, -0.05) is 17.4 Å². The maximum atomic E-state index is 11.3. The van der Waals surface area contributed by atoms with E-state index in [1.807, 2.05) is 0 Å². The van der Waals surface area contributed by atoms with Crippen molar-refractivity contribution >= 4 is 38.3 Å². The van der Waals surface area contributed by atoms with Gasteiger partial charge in [0.1, 0.15) is 0 Å². The maximum Gasteiger partial charge on any atom is 0.270 e. The molecule has 0 bridgehead atoms. The fourth-order valence-corrected chi connectivity index (χ4v) is 2.28. The van der Waals surface area contributed by atoms with E-state index in [2.05, 4.69) is 10.3 Å². The van der Waals surface area contributed by atoms with Crippen LogP contribution in [0.3, 0.4) is 0 Å². The lowest BCUT2D eigenvalue weighted by atomic mass is 10.3. The Morgan fingerprint density at radius 2 is 2.33 bits per heavy atom. The number of nitro benzene ring substituents is 1. The number of thiazole rings is 1. The number of anilines is 1. The molecule has 92 valence electrons. The second-order valence-electron chi connectivity index (χ2n) is 3.42. The fourth-order valence-electron chi connectivity index (χ4n) is 1.38. The minimum absolute atomic E-state index is 0.0116. The molecule has 0 saturated carbocycles. The van der Waals surface area contributed by atoms with E-state index < -0.39 is 4.92 Å². The molecule has 2 rings (SSSR count). The van der Waals surface area contributed by atoms with Crippen LogP contribution < -0.4 is 5.32 Å². The smallest absolute Gasteiger partial charge is 0.270 e. The number of nitrogens with zero attached hydrogens (tertiary/aromatic N) is 2. The quantitative estimate of drug-likeness (QED) is 0.524. The Kier molecular flexibility index (Phi) is 3.33. The Hall–Kier alpha value is -2.28. The number of rotatable bonds is 3. The minimum atomic E-state index is -0.461. The Morgan fingerprint density at radius 3 is 3.00 bits per heavy atom. The molecule has 0 spiro atoms. The van der Waals surface area contributed by atoms with Gasteiger partial charge < -0.3 is 0 Å². The normalized spacial score (nSPS) is 10.9. The molecular weight excluding hydrogens is 254 g/mol. The first kappa shape index (κ1) is 12.2. The number of carbonyl (C=O) groups excluding carboxylic acids is 1. The van der Waals surface area contributed by atoms with Gasteiger partial charge >= 0.3 is 0 Å². The zero-order valence-corrected chi connectivity index (χ0v) is 10.2. The van der Waals surface area contributed by atoms with Crippen molar-refractivity contribution in [3.63, 3.8) is 0 Å². The SMILES string of the molecule is CC=CC(=O)Nc1nc2ccc([N+](=O)[O-])cc2s1. The van der Waals surface area contributed by atoms with E-state index in [4.69, 9.17) is 0 Å². The van der Waals surface area contributed by atoms with Crippen LogP contribution in [0.4, 0.5) is 10.8 Å². The molecule has 18 heavy (non-hydrogen) atoms.